The Labute approximate surface area is 177 Å². The molecule has 0 bridgehead atoms. The first-order valence-electron chi connectivity index (χ1n) is 10.2. The Morgan fingerprint density at radius 3 is 2.30 bits per heavy atom. The molecule has 2 rings (SSSR count). The van der Waals surface area contributed by atoms with Crippen molar-refractivity contribution in [2.45, 2.75) is 39.7 Å². The molecule has 0 fully saturated rings. The van der Waals surface area contributed by atoms with Gasteiger partial charge in [-0.05, 0) is 62.7 Å². The van der Waals surface area contributed by atoms with Crippen LogP contribution in [0, 0.1) is 0 Å². The van der Waals surface area contributed by atoms with Crippen LogP contribution < -0.4 is 21.3 Å². The molecule has 2 aromatic carbocycles. The first-order valence-corrected chi connectivity index (χ1v) is 10.2. The van der Waals surface area contributed by atoms with Crippen molar-refractivity contribution in [3.8, 4) is 0 Å². The van der Waals surface area contributed by atoms with Gasteiger partial charge in [-0.1, -0.05) is 19.4 Å². The molecule has 0 aliphatic carbocycles. The van der Waals surface area contributed by atoms with Crippen LogP contribution >= 0.6 is 0 Å². The van der Waals surface area contributed by atoms with Gasteiger partial charge >= 0.3 is 0 Å². The second-order valence-corrected chi connectivity index (χ2v) is 7.30. The Hall–Kier alpha value is -3.35. The van der Waals surface area contributed by atoms with Gasteiger partial charge in [0.15, 0.2) is 0 Å². The Kier molecular flexibility index (Phi) is 8.87. The molecule has 4 N–H and O–H groups in total. The largest absolute Gasteiger partial charge is 0.376 e. The van der Waals surface area contributed by atoms with E-state index in [1.165, 1.54) is 0 Å². The Morgan fingerprint density at radius 2 is 1.63 bits per heavy atom. The monoisotopic (exact) mass is 410 g/mol. The maximum absolute atomic E-state index is 12.2. The summed E-state index contributed by atoms with van der Waals surface area (Å²) in [4.78, 5) is 36.3. The number of benzene rings is 2. The summed E-state index contributed by atoms with van der Waals surface area (Å²) in [7, 11) is 0. The highest BCUT2D eigenvalue weighted by molar-refractivity contribution is 5.97. The molecule has 0 aliphatic heterocycles. The van der Waals surface area contributed by atoms with Gasteiger partial charge in [0.25, 0.3) is 11.8 Å². The Balaban J connectivity index is 1.85. The lowest BCUT2D eigenvalue weighted by Crippen LogP contribution is -2.30. The number of hydrogen-bond acceptors (Lipinski definition) is 4. The highest BCUT2D eigenvalue weighted by atomic mass is 16.2. The van der Waals surface area contributed by atoms with Crippen LogP contribution in [0.4, 0.5) is 11.4 Å². The second-order valence-electron chi connectivity index (χ2n) is 7.30. The summed E-state index contributed by atoms with van der Waals surface area (Å²) in [6, 6.07) is 13.8. The molecule has 0 radical (unpaired) electrons. The van der Waals surface area contributed by atoms with E-state index in [1.54, 1.807) is 48.5 Å². The third-order valence-corrected chi connectivity index (χ3v) is 4.24. The second kappa shape index (κ2) is 11.6. The lowest BCUT2D eigenvalue weighted by atomic mass is 10.1. The molecule has 2 aromatic rings. The molecule has 30 heavy (non-hydrogen) atoms. The van der Waals surface area contributed by atoms with Crippen LogP contribution in [-0.4, -0.2) is 36.9 Å². The minimum absolute atomic E-state index is 0.0497. The fourth-order valence-corrected chi connectivity index (χ4v) is 2.69. The zero-order valence-electron chi connectivity index (χ0n) is 17.7. The van der Waals surface area contributed by atoms with E-state index in [9.17, 15) is 14.4 Å². The summed E-state index contributed by atoms with van der Waals surface area (Å²) in [5, 5.41) is 11.5. The number of nitrogens with one attached hydrogen (secondary N) is 4. The smallest absolute Gasteiger partial charge is 0.251 e. The molecular weight excluding hydrogens is 380 g/mol. The van der Waals surface area contributed by atoms with Gasteiger partial charge in [0.05, 0.1) is 6.54 Å². The Morgan fingerprint density at radius 1 is 0.900 bits per heavy atom. The van der Waals surface area contributed by atoms with Gasteiger partial charge in [0.1, 0.15) is 0 Å². The first-order chi connectivity index (χ1) is 14.4. The van der Waals surface area contributed by atoms with E-state index in [0.717, 1.165) is 12.8 Å². The van der Waals surface area contributed by atoms with E-state index >= 15 is 0 Å². The zero-order chi connectivity index (χ0) is 21.9. The minimum atomic E-state index is -0.229. The van der Waals surface area contributed by atoms with Crippen LogP contribution in [0.25, 0.3) is 0 Å². The molecule has 0 unspecified atom stereocenters. The molecule has 3 amide bonds. The van der Waals surface area contributed by atoms with Gasteiger partial charge in [0, 0.05) is 35.1 Å². The van der Waals surface area contributed by atoms with E-state index in [2.05, 4.69) is 28.2 Å². The summed E-state index contributed by atoms with van der Waals surface area (Å²) in [6.07, 6.45) is 1.97. The number of rotatable bonds is 10. The van der Waals surface area contributed by atoms with E-state index < -0.39 is 0 Å². The maximum atomic E-state index is 12.2. The van der Waals surface area contributed by atoms with Crippen molar-refractivity contribution in [1.29, 1.82) is 0 Å². The SMILES string of the molecule is CCCCNC(=O)c1ccc(NC(=O)CNc2cccc(C(=O)NC(C)C)c2)cc1. The molecule has 0 aliphatic rings. The molecule has 7 nitrogen and oxygen atoms in total. The molecule has 0 spiro atoms. The molecule has 0 saturated carbocycles. The van der Waals surface area contributed by atoms with Crippen molar-refractivity contribution >= 4 is 29.1 Å². The van der Waals surface area contributed by atoms with Crippen LogP contribution in [0.2, 0.25) is 0 Å². The fourth-order valence-electron chi connectivity index (χ4n) is 2.69. The van der Waals surface area contributed by atoms with E-state index in [4.69, 9.17) is 0 Å². The summed E-state index contributed by atoms with van der Waals surface area (Å²) in [5.74, 6) is -0.506. The summed E-state index contributed by atoms with van der Waals surface area (Å²) < 4.78 is 0. The number of carbonyl (C=O) groups is 3. The summed E-state index contributed by atoms with van der Waals surface area (Å²) in [5.41, 5.74) is 2.37. The van der Waals surface area contributed by atoms with Gasteiger partial charge in [-0.15, -0.1) is 0 Å². The lowest BCUT2D eigenvalue weighted by molar-refractivity contribution is -0.114. The van der Waals surface area contributed by atoms with Crippen LogP contribution in [0.15, 0.2) is 48.5 Å². The number of unbranched alkanes of at least 4 members (excludes halogenated alkanes) is 1. The predicted molar refractivity (Wildman–Crippen MR) is 120 cm³/mol. The van der Waals surface area contributed by atoms with Crippen molar-refractivity contribution in [1.82, 2.24) is 10.6 Å². The predicted octanol–water partition coefficient (Wildman–Crippen LogP) is 3.41. The molecule has 0 aromatic heterocycles. The van der Waals surface area contributed by atoms with Crippen LogP contribution in [0.1, 0.15) is 54.3 Å². The van der Waals surface area contributed by atoms with Crippen LogP contribution in [0.3, 0.4) is 0 Å². The van der Waals surface area contributed by atoms with Crippen molar-refractivity contribution < 1.29 is 14.4 Å². The highest BCUT2D eigenvalue weighted by Gasteiger charge is 2.09. The first kappa shape index (κ1) is 22.9. The topological polar surface area (TPSA) is 99.3 Å². The number of anilines is 2. The highest BCUT2D eigenvalue weighted by Crippen LogP contribution is 2.12. The average Bonchev–Trinajstić information content (AvgIpc) is 2.72. The minimum Gasteiger partial charge on any atom is -0.376 e. The molecular formula is C23H30N4O3. The molecule has 160 valence electrons. The number of hydrogen-bond donors (Lipinski definition) is 4. The molecule has 0 saturated heterocycles. The van der Waals surface area contributed by atoms with Gasteiger partial charge in [-0.25, -0.2) is 0 Å². The van der Waals surface area contributed by atoms with E-state index in [0.29, 0.717) is 29.0 Å². The standard InChI is InChI=1S/C23H30N4O3/c1-4-5-13-24-22(29)17-9-11-19(12-10-17)27-21(28)15-25-20-8-6-7-18(14-20)23(30)26-16(2)3/h6-12,14,16,25H,4-5,13,15H2,1-3H3,(H,24,29)(H,26,30)(H,27,28). The van der Waals surface area contributed by atoms with Crippen LogP contribution in [-0.2, 0) is 4.79 Å². The number of amides is 3. The van der Waals surface area contributed by atoms with Crippen molar-refractivity contribution in [3.63, 3.8) is 0 Å². The third kappa shape index (κ3) is 7.58. The van der Waals surface area contributed by atoms with Gasteiger partial charge in [0.2, 0.25) is 5.91 Å². The van der Waals surface area contributed by atoms with E-state index in [1.807, 2.05) is 13.8 Å². The lowest BCUT2D eigenvalue weighted by Gasteiger charge is -2.11. The fraction of sp³-hybridized carbons (Fsp3) is 0.348. The summed E-state index contributed by atoms with van der Waals surface area (Å²) in [6.45, 7) is 6.57. The van der Waals surface area contributed by atoms with Gasteiger partial charge in [-0.3, -0.25) is 14.4 Å². The Bertz CT molecular complexity index is 863. The molecule has 0 atom stereocenters. The summed E-state index contributed by atoms with van der Waals surface area (Å²) >= 11 is 0. The maximum Gasteiger partial charge on any atom is 0.251 e. The van der Waals surface area contributed by atoms with Gasteiger partial charge in [-0.2, -0.15) is 0 Å². The van der Waals surface area contributed by atoms with Crippen molar-refractivity contribution in [2.24, 2.45) is 0 Å². The molecule has 7 heteroatoms. The molecule has 0 heterocycles. The van der Waals surface area contributed by atoms with Crippen molar-refractivity contribution in [2.75, 3.05) is 23.7 Å². The van der Waals surface area contributed by atoms with Crippen LogP contribution in [0.5, 0.6) is 0 Å². The third-order valence-electron chi connectivity index (χ3n) is 4.24. The normalized spacial score (nSPS) is 10.4. The number of carbonyl (C=O) groups excluding carboxylic acids is 3. The quantitative estimate of drug-likeness (QED) is 0.451. The van der Waals surface area contributed by atoms with E-state index in [-0.39, 0.29) is 30.3 Å². The van der Waals surface area contributed by atoms with Gasteiger partial charge < -0.3 is 21.3 Å². The van der Waals surface area contributed by atoms with Crippen molar-refractivity contribution in [3.05, 3.63) is 59.7 Å². The average molecular weight is 411 g/mol. The zero-order valence-corrected chi connectivity index (χ0v) is 17.7.